The van der Waals surface area contributed by atoms with E-state index in [9.17, 15) is 12.8 Å². The first-order chi connectivity index (χ1) is 8.80. The Hall–Kier alpha value is -1.05. The molecule has 0 bridgehead atoms. The highest BCUT2D eigenvalue weighted by molar-refractivity contribution is 7.89. The van der Waals surface area contributed by atoms with E-state index >= 15 is 0 Å². The minimum Gasteiger partial charge on any atom is -0.393 e. The van der Waals surface area contributed by atoms with Crippen molar-refractivity contribution in [3.8, 4) is 0 Å². The molecule has 0 amide bonds. The van der Waals surface area contributed by atoms with Gasteiger partial charge in [-0.05, 0) is 12.1 Å². The topological polar surface area (TPSA) is 63.4 Å². The summed E-state index contributed by atoms with van der Waals surface area (Å²) in [5, 5.41) is 0. The van der Waals surface area contributed by atoms with Gasteiger partial charge in [-0.2, -0.15) is 4.31 Å². The summed E-state index contributed by atoms with van der Waals surface area (Å²) in [4.78, 5) is -0.0887. The summed E-state index contributed by atoms with van der Waals surface area (Å²) >= 11 is 4.83. The van der Waals surface area contributed by atoms with Crippen LogP contribution in [0, 0.1) is 11.7 Å². The molecule has 0 saturated carbocycles. The zero-order valence-corrected chi connectivity index (χ0v) is 12.5. The Morgan fingerprint density at radius 3 is 2.53 bits per heavy atom. The fraction of sp³-hybridized carbons (Fsp3) is 0.417. The Morgan fingerprint density at radius 1 is 1.47 bits per heavy atom. The minimum absolute atomic E-state index is 0.141. The predicted octanol–water partition coefficient (Wildman–Crippen LogP) is 1.76. The van der Waals surface area contributed by atoms with Gasteiger partial charge in [-0.1, -0.05) is 38.2 Å². The number of sulfonamides is 1. The fourth-order valence-corrected chi connectivity index (χ4v) is 3.26. The van der Waals surface area contributed by atoms with E-state index in [-0.39, 0.29) is 28.9 Å². The van der Waals surface area contributed by atoms with Crippen LogP contribution in [0.1, 0.15) is 13.8 Å². The maximum absolute atomic E-state index is 13.6. The van der Waals surface area contributed by atoms with E-state index in [1.807, 2.05) is 0 Å². The summed E-state index contributed by atoms with van der Waals surface area (Å²) < 4.78 is 39.5. The number of nitrogens with two attached hydrogens (primary N) is 1. The van der Waals surface area contributed by atoms with Gasteiger partial charge in [0.1, 0.15) is 10.7 Å². The number of nitrogens with zero attached hydrogens (tertiary/aromatic N) is 1. The maximum atomic E-state index is 13.6. The van der Waals surface area contributed by atoms with Crippen molar-refractivity contribution in [1.82, 2.24) is 4.31 Å². The zero-order chi connectivity index (χ0) is 14.6. The molecule has 7 heteroatoms. The molecule has 19 heavy (non-hydrogen) atoms. The first kappa shape index (κ1) is 16.0. The maximum Gasteiger partial charge on any atom is 0.245 e. The summed E-state index contributed by atoms with van der Waals surface area (Å²) in [6.45, 7) is 3.79. The Balaban J connectivity index is 3.10. The molecule has 4 nitrogen and oxygen atoms in total. The van der Waals surface area contributed by atoms with E-state index < -0.39 is 15.8 Å². The van der Waals surface area contributed by atoms with E-state index in [2.05, 4.69) is 0 Å². The van der Waals surface area contributed by atoms with E-state index in [0.717, 1.165) is 6.07 Å². The van der Waals surface area contributed by atoms with Crippen LogP contribution in [0.5, 0.6) is 0 Å². The third-order valence-corrected chi connectivity index (χ3v) is 5.15. The monoisotopic (exact) mass is 304 g/mol. The molecule has 0 spiro atoms. The van der Waals surface area contributed by atoms with Crippen molar-refractivity contribution in [2.24, 2.45) is 11.7 Å². The Kier molecular flexibility index (Phi) is 5.39. The lowest BCUT2D eigenvalue weighted by molar-refractivity contribution is 0.402. The predicted molar refractivity (Wildman–Crippen MR) is 76.8 cm³/mol. The molecule has 1 unspecified atom stereocenters. The lowest BCUT2D eigenvalue weighted by Gasteiger charge is -2.23. The molecule has 106 valence electrons. The van der Waals surface area contributed by atoms with Crippen molar-refractivity contribution in [1.29, 1.82) is 0 Å². The molecule has 0 aliphatic carbocycles. The standard InChI is InChI=1S/C12H17FN2O2S2/c1-3-15(8-9(2)12(14)18)19(16,17)11-7-5-4-6-10(11)13/h4-7,9H,3,8H2,1-2H3,(H2,14,18). The second-order valence-corrected chi connectivity index (χ2v) is 6.57. The van der Waals surface area contributed by atoms with Gasteiger partial charge in [0.05, 0.1) is 4.99 Å². The number of hydrogen-bond donors (Lipinski definition) is 1. The molecule has 0 radical (unpaired) electrons. The van der Waals surface area contributed by atoms with Crippen LogP contribution >= 0.6 is 12.2 Å². The molecular weight excluding hydrogens is 287 g/mol. The molecule has 1 aromatic rings. The van der Waals surface area contributed by atoms with Crippen molar-refractivity contribution in [3.05, 3.63) is 30.1 Å². The third-order valence-electron chi connectivity index (χ3n) is 2.77. The number of thiocarbonyl (C=S) groups is 1. The smallest absolute Gasteiger partial charge is 0.245 e. The van der Waals surface area contributed by atoms with Gasteiger partial charge >= 0.3 is 0 Å². The van der Waals surface area contributed by atoms with Gasteiger partial charge < -0.3 is 5.73 Å². The highest BCUT2D eigenvalue weighted by Gasteiger charge is 2.27. The molecule has 1 atom stereocenters. The number of halogens is 1. The Bertz CT molecular complexity index is 561. The number of hydrogen-bond acceptors (Lipinski definition) is 3. The van der Waals surface area contributed by atoms with Crippen LogP contribution < -0.4 is 5.73 Å². The van der Waals surface area contributed by atoms with Crippen LogP contribution in [0.2, 0.25) is 0 Å². The number of rotatable bonds is 6. The first-order valence-electron chi connectivity index (χ1n) is 5.84. The first-order valence-corrected chi connectivity index (χ1v) is 7.69. The van der Waals surface area contributed by atoms with E-state index in [0.29, 0.717) is 0 Å². The summed E-state index contributed by atoms with van der Waals surface area (Å²) in [5.74, 6) is -1.03. The lowest BCUT2D eigenvalue weighted by Crippen LogP contribution is -2.38. The summed E-state index contributed by atoms with van der Waals surface area (Å²) in [7, 11) is -3.87. The highest BCUT2D eigenvalue weighted by Crippen LogP contribution is 2.19. The Labute approximate surface area is 118 Å². The van der Waals surface area contributed by atoms with Gasteiger partial charge in [0.25, 0.3) is 0 Å². The molecule has 1 aromatic carbocycles. The van der Waals surface area contributed by atoms with Gasteiger partial charge in [0.15, 0.2) is 0 Å². The fourth-order valence-electron chi connectivity index (χ4n) is 1.59. The SMILES string of the molecule is CCN(CC(C)C(N)=S)S(=O)(=O)c1ccccc1F. The average Bonchev–Trinajstić information content (AvgIpc) is 2.35. The van der Waals surface area contributed by atoms with Crippen molar-refractivity contribution in [2.45, 2.75) is 18.7 Å². The largest absolute Gasteiger partial charge is 0.393 e. The Morgan fingerprint density at radius 2 is 2.05 bits per heavy atom. The average molecular weight is 304 g/mol. The van der Waals surface area contributed by atoms with Crippen LogP contribution in [0.4, 0.5) is 4.39 Å². The molecule has 0 aliphatic rings. The summed E-state index contributed by atoms with van der Waals surface area (Å²) in [6.07, 6.45) is 0. The molecule has 0 saturated heterocycles. The molecule has 2 N–H and O–H groups in total. The van der Waals surface area contributed by atoms with Gasteiger partial charge in [0, 0.05) is 19.0 Å². The van der Waals surface area contributed by atoms with Crippen molar-refractivity contribution in [2.75, 3.05) is 13.1 Å². The van der Waals surface area contributed by atoms with Crippen molar-refractivity contribution < 1.29 is 12.8 Å². The summed E-state index contributed by atoms with van der Waals surface area (Å²) in [6, 6.07) is 5.31. The van der Waals surface area contributed by atoms with Gasteiger partial charge in [-0.25, -0.2) is 12.8 Å². The van der Waals surface area contributed by atoms with Crippen LogP contribution in [0.15, 0.2) is 29.2 Å². The van der Waals surface area contributed by atoms with E-state index in [1.54, 1.807) is 13.8 Å². The number of benzene rings is 1. The molecule has 0 aliphatic heterocycles. The van der Waals surface area contributed by atoms with Gasteiger partial charge in [-0.15, -0.1) is 0 Å². The second-order valence-electron chi connectivity index (χ2n) is 4.19. The molecular formula is C12H17FN2O2S2. The molecule has 1 rings (SSSR count). The lowest BCUT2D eigenvalue weighted by atomic mass is 10.2. The van der Waals surface area contributed by atoms with Crippen molar-refractivity contribution in [3.63, 3.8) is 0 Å². The van der Waals surface area contributed by atoms with E-state index in [4.69, 9.17) is 18.0 Å². The van der Waals surface area contributed by atoms with Crippen molar-refractivity contribution >= 4 is 27.2 Å². The normalized spacial score (nSPS) is 13.5. The van der Waals surface area contributed by atoms with Gasteiger partial charge in [0.2, 0.25) is 10.0 Å². The summed E-state index contributed by atoms with van der Waals surface area (Å²) in [5.41, 5.74) is 5.49. The van der Waals surface area contributed by atoms with Crippen LogP contribution in [-0.2, 0) is 10.0 Å². The minimum atomic E-state index is -3.87. The third kappa shape index (κ3) is 3.71. The van der Waals surface area contributed by atoms with Crippen LogP contribution in [0.3, 0.4) is 0 Å². The zero-order valence-electron chi connectivity index (χ0n) is 10.8. The van der Waals surface area contributed by atoms with E-state index in [1.165, 1.54) is 22.5 Å². The quantitative estimate of drug-likeness (QED) is 0.813. The molecule has 0 heterocycles. The van der Waals surface area contributed by atoms with Crippen LogP contribution in [0.25, 0.3) is 0 Å². The molecule has 0 aromatic heterocycles. The van der Waals surface area contributed by atoms with Gasteiger partial charge in [-0.3, -0.25) is 0 Å². The molecule has 0 fully saturated rings. The second kappa shape index (κ2) is 6.40. The van der Waals surface area contributed by atoms with Crippen LogP contribution in [-0.4, -0.2) is 30.8 Å². The highest BCUT2D eigenvalue weighted by atomic mass is 32.2.